The number of carbonyl (C=O) groups is 1. The Kier molecular flexibility index (Phi) is 6.52. The van der Waals surface area contributed by atoms with E-state index in [4.69, 9.17) is 4.74 Å². The van der Waals surface area contributed by atoms with Crippen molar-refractivity contribution in [2.45, 2.75) is 33.3 Å². The number of ether oxygens (including phenoxy) is 2. The Morgan fingerprint density at radius 3 is 2.53 bits per heavy atom. The van der Waals surface area contributed by atoms with Crippen molar-refractivity contribution >= 4 is 5.97 Å². The third kappa shape index (κ3) is 6.47. The van der Waals surface area contributed by atoms with Gasteiger partial charge in [0.2, 0.25) is 0 Å². The summed E-state index contributed by atoms with van der Waals surface area (Å²) in [7, 11) is 1.41. The summed E-state index contributed by atoms with van der Waals surface area (Å²) in [6, 6.07) is 0. The maximum atomic E-state index is 11.1. The second-order valence-electron chi connectivity index (χ2n) is 4.25. The fourth-order valence-corrected chi connectivity index (χ4v) is 1.32. The maximum absolute atomic E-state index is 11.1. The van der Waals surface area contributed by atoms with E-state index in [1.165, 1.54) is 7.11 Å². The second kappa shape index (κ2) is 6.80. The molecular weight excluding hydrogens is 194 g/mol. The molecule has 0 heterocycles. The first kappa shape index (κ1) is 14.4. The first-order valence-electron chi connectivity index (χ1n) is 5.35. The molecule has 0 aromatic rings. The third-order valence-corrected chi connectivity index (χ3v) is 2.14. The maximum Gasteiger partial charge on any atom is 0.309 e. The molecule has 1 N–H and O–H groups in total. The lowest BCUT2D eigenvalue weighted by Gasteiger charge is -2.25. The molecule has 0 rings (SSSR count). The topological polar surface area (TPSA) is 47.6 Å². The van der Waals surface area contributed by atoms with Gasteiger partial charge in [0.1, 0.15) is 0 Å². The van der Waals surface area contributed by atoms with Crippen molar-refractivity contribution in [1.29, 1.82) is 0 Å². The highest BCUT2D eigenvalue weighted by Crippen LogP contribution is 2.07. The smallest absolute Gasteiger partial charge is 0.309 e. The minimum absolute atomic E-state index is 0.118. The standard InChI is InChI=1S/C11H23NO3/c1-6-15-11(3,4)8-12-7-9(2)10(13)14-5/h9,12H,6-8H2,1-5H3. The van der Waals surface area contributed by atoms with Crippen LogP contribution >= 0.6 is 0 Å². The highest BCUT2D eigenvalue weighted by Gasteiger charge is 2.18. The molecule has 0 aromatic carbocycles. The van der Waals surface area contributed by atoms with Crippen molar-refractivity contribution < 1.29 is 14.3 Å². The Hall–Kier alpha value is -0.610. The van der Waals surface area contributed by atoms with Crippen LogP contribution in [0.3, 0.4) is 0 Å². The van der Waals surface area contributed by atoms with Gasteiger partial charge in [0.15, 0.2) is 0 Å². The van der Waals surface area contributed by atoms with E-state index in [-0.39, 0.29) is 17.5 Å². The lowest BCUT2D eigenvalue weighted by molar-refractivity contribution is -0.144. The Morgan fingerprint density at radius 2 is 2.07 bits per heavy atom. The molecule has 0 bridgehead atoms. The predicted molar refractivity (Wildman–Crippen MR) is 59.8 cm³/mol. The van der Waals surface area contributed by atoms with Gasteiger partial charge in [-0.25, -0.2) is 0 Å². The molecule has 0 saturated heterocycles. The zero-order chi connectivity index (χ0) is 11.9. The van der Waals surface area contributed by atoms with Crippen molar-refractivity contribution in [3.05, 3.63) is 0 Å². The molecule has 0 amide bonds. The van der Waals surface area contributed by atoms with Gasteiger partial charge in [0.05, 0.1) is 18.6 Å². The number of esters is 1. The molecule has 0 spiro atoms. The first-order chi connectivity index (χ1) is 6.93. The minimum atomic E-state index is -0.190. The van der Waals surface area contributed by atoms with Crippen LogP contribution in [-0.4, -0.2) is 38.4 Å². The fraction of sp³-hybridized carbons (Fsp3) is 0.909. The number of carbonyl (C=O) groups excluding carboxylic acids is 1. The van der Waals surface area contributed by atoms with Gasteiger partial charge in [0.25, 0.3) is 0 Å². The third-order valence-electron chi connectivity index (χ3n) is 2.14. The van der Waals surface area contributed by atoms with Gasteiger partial charge in [-0.2, -0.15) is 0 Å². The summed E-state index contributed by atoms with van der Waals surface area (Å²) in [5.74, 6) is -0.302. The number of rotatable bonds is 7. The van der Waals surface area contributed by atoms with Crippen molar-refractivity contribution in [2.75, 3.05) is 26.8 Å². The molecule has 4 nitrogen and oxygen atoms in total. The number of nitrogens with one attached hydrogen (secondary N) is 1. The van der Waals surface area contributed by atoms with E-state index in [0.29, 0.717) is 13.2 Å². The Morgan fingerprint density at radius 1 is 1.47 bits per heavy atom. The summed E-state index contributed by atoms with van der Waals surface area (Å²) in [6.45, 7) is 9.89. The summed E-state index contributed by atoms with van der Waals surface area (Å²) < 4.78 is 10.2. The van der Waals surface area contributed by atoms with Crippen LogP contribution in [0, 0.1) is 5.92 Å². The summed E-state index contributed by atoms with van der Waals surface area (Å²) in [5, 5.41) is 3.20. The Labute approximate surface area is 92.3 Å². The van der Waals surface area contributed by atoms with Crippen molar-refractivity contribution in [3.63, 3.8) is 0 Å². The number of hydrogen-bond acceptors (Lipinski definition) is 4. The van der Waals surface area contributed by atoms with E-state index in [0.717, 1.165) is 6.54 Å². The van der Waals surface area contributed by atoms with E-state index >= 15 is 0 Å². The van der Waals surface area contributed by atoms with Crippen LogP contribution < -0.4 is 5.32 Å². The van der Waals surface area contributed by atoms with E-state index in [2.05, 4.69) is 10.1 Å². The number of hydrogen-bond donors (Lipinski definition) is 1. The van der Waals surface area contributed by atoms with E-state index < -0.39 is 0 Å². The average molecular weight is 217 g/mol. The lowest BCUT2D eigenvalue weighted by Crippen LogP contribution is -2.40. The molecule has 90 valence electrons. The zero-order valence-electron chi connectivity index (χ0n) is 10.4. The molecule has 0 aliphatic heterocycles. The molecule has 0 aromatic heterocycles. The summed E-state index contributed by atoms with van der Waals surface area (Å²) in [6.07, 6.45) is 0. The summed E-state index contributed by atoms with van der Waals surface area (Å²) in [4.78, 5) is 11.1. The molecule has 0 fully saturated rings. The second-order valence-corrected chi connectivity index (χ2v) is 4.25. The van der Waals surface area contributed by atoms with Crippen molar-refractivity contribution in [3.8, 4) is 0 Å². The molecule has 0 saturated carbocycles. The predicted octanol–water partition coefficient (Wildman–Crippen LogP) is 1.20. The van der Waals surface area contributed by atoms with Crippen LogP contribution in [-0.2, 0) is 14.3 Å². The van der Waals surface area contributed by atoms with Gasteiger partial charge in [-0.05, 0) is 20.8 Å². The Bertz CT molecular complexity index is 192. The normalized spacial score (nSPS) is 13.7. The van der Waals surface area contributed by atoms with Gasteiger partial charge < -0.3 is 14.8 Å². The van der Waals surface area contributed by atoms with Gasteiger partial charge in [-0.1, -0.05) is 6.92 Å². The van der Waals surface area contributed by atoms with Crippen LogP contribution in [0.15, 0.2) is 0 Å². The van der Waals surface area contributed by atoms with Gasteiger partial charge in [-0.3, -0.25) is 4.79 Å². The van der Waals surface area contributed by atoms with Crippen molar-refractivity contribution in [1.82, 2.24) is 5.32 Å². The largest absolute Gasteiger partial charge is 0.469 e. The monoisotopic (exact) mass is 217 g/mol. The highest BCUT2D eigenvalue weighted by atomic mass is 16.5. The molecule has 0 aliphatic rings. The quantitative estimate of drug-likeness (QED) is 0.651. The van der Waals surface area contributed by atoms with Gasteiger partial charge in [-0.15, -0.1) is 0 Å². The number of methoxy groups -OCH3 is 1. The fourth-order valence-electron chi connectivity index (χ4n) is 1.32. The van der Waals surface area contributed by atoms with Gasteiger partial charge in [0, 0.05) is 19.7 Å². The van der Waals surface area contributed by atoms with Crippen molar-refractivity contribution in [2.24, 2.45) is 5.92 Å². The SMILES string of the molecule is CCOC(C)(C)CNCC(C)C(=O)OC. The van der Waals surface area contributed by atoms with Crippen LogP contribution in [0.4, 0.5) is 0 Å². The first-order valence-corrected chi connectivity index (χ1v) is 5.35. The van der Waals surface area contributed by atoms with Crippen LogP contribution in [0.2, 0.25) is 0 Å². The molecule has 0 radical (unpaired) electrons. The van der Waals surface area contributed by atoms with Crippen LogP contribution in [0.5, 0.6) is 0 Å². The minimum Gasteiger partial charge on any atom is -0.469 e. The van der Waals surface area contributed by atoms with E-state index in [9.17, 15) is 4.79 Å². The lowest BCUT2D eigenvalue weighted by atomic mass is 10.1. The zero-order valence-corrected chi connectivity index (χ0v) is 10.4. The van der Waals surface area contributed by atoms with Crippen LogP contribution in [0.25, 0.3) is 0 Å². The van der Waals surface area contributed by atoms with Crippen LogP contribution in [0.1, 0.15) is 27.7 Å². The molecule has 4 heteroatoms. The average Bonchev–Trinajstić information content (AvgIpc) is 2.15. The highest BCUT2D eigenvalue weighted by molar-refractivity contribution is 5.71. The molecular formula is C11H23NO3. The summed E-state index contributed by atoms with van der Waals surface area (Å²) in [5.41, 5.74) is -0.190. The van der Waals surface area contributed by atoms with Gasteiger partial charge >= 0.3 is 5.97 Å². The van der Waals surface area contributed by atoms with E-state index in [1.54, 1.807) is 0 Å². The molecule has 0 aliphatic carbocycles. The Balaban J connectivity index is 3.73. The molecule has 15 heavy (non-hydrogen) atoms. The molecule has 1 unspecified atom stereocenters. The summed E-state index contributed by atoms with van der Waals surface area (Å²) >= 11 is 0. The van der Waals surface area contributed by atoms with E-state index in [1.807, 2.05) is 27.7 Å². The molecule has 1 atom stereocenters.